The van der Waals surface area contributed by atoms with Gasteiger partial charge in [-0.15, -0.1) is 0 Å². The van der Waals surface area contributed by atoms with Crippen LogP contribution < -0.4 is 9.32 Å². The van der Waals surface area contributed by atoms with Crippen LogP contribution in [0.25, 0.3) is 0 Å². The van der Waals surface area contributed by atoms with E-state index >= 15 is 0 Å². The molecule has 0 bridgehead atoms. The van der Waals surface area contributed by atoms with Gasteiger partial charge < -0.3 is 4.90 Å². The maximum Gasteiger partial charge on any atom is 0.106 e. The molecule has 0 saturated carbocycles. The summed E-state index contributed by atoms with van der Waals surface area (Å²) in [5.74, 6) is 0. The molecule has 0 atom stereocenters. The van der Waals surface area contributed by atoms with E-state index in [9.17, 15) is 0 Å². The van der Waals surface area contributed by atoms with Crippen LogP contribution in [-0.4, -0.2) is 12.7 Å². The molecule has 3 heteroatoms. The van der Waals surface area contributed by atoms with Crippen molar-refractivity contribution in [1.29, 1.82) is 0 Å². The lowest BCUT2D eigenvalue weighted by molar-refractivity contribution is 0.715. The number of rotatable bonds is 1. The van der Waals surface area contributed by atoms with Gasteiger partial charge in [0.25, 0.3) is 0 Å². The van der Waals surface area contributed by atoms with E-state index in [0.29, 0.717) is 6.04 Å². The minimum absolute atomic E-state index is 0.485. The Labute approximate surface area is 90.2 Å². The average Bonchev–Trinajstić information content (AvgIpc) is 2.46. The van der Waals surface area contributed by atoms with Gasteiger partial charge in [0.15, 0.2) is 0 Å². The Hall–Kier alpha value is -0.890. The van der Waals surface area contributed by atoms with Gasteiger partial charge in [0.2, 0.25) is 0 Å². The van der Waals surface area contributed by atoms with E-state index in [1.165, 1.54) is 11.3 Å². The highest BCUT2D eigenvalue weighted by atomic mass is 35.5. The molecule has 0 spiro atoms. The summed E-state index contributed by atoms with van der Waals surface area (Å²) >= 11 is 6.15. The lowest BCUT2D eigenvalue weighted by atomic mass is 10.1. The molecule has 0 aromatic heterocycles. The van der Waals surface area contributed by atoms with Crippen LogP contribution in [0.5, 0.6) is 0 Å². The first-order valence-electron chi connectivity index (χ1n) is 4.91. The van der Waals surface area contributed by atoms with E-state index in [0.717, 1.165) is 12.4 Å². The second-order valence-corrected chi connectivity index (χ2v) is 4.42. The highest BCUT2D eigenvalue weighted by Crippen LogP contribution is 2.40. The summed E-state index contributed by atoms with van der Waals surface area (Å²) in [6.45, 7) is 7.28. The largest absolute Gasteiger partial charge is 0.348 e. The van der Waals surface area contributed by atoms with Crippen LogP contribution in [0.2, 0.25) is 0 Å². The Morgan fingerprint density at radius 3 is 2.71 bits per heavy atom. The number of aryl methyl sites for hydroxylation is 1. The fraction of sp³-hybridized carbons (Fsp3) is 0.455. The zero-order valence-corrected chi connectivity index (χ0v) is 9.54. The molecule has 0 radical (unpaired) electrons. The summed E-state index contributed by atoms with van der Waals surface area (Å²) < 4.78 is 1.78. The molecular weight excluding hydrogens is 196 g/mol. The summed E-state index contributed by atoms with van der Waals surface area (Å²) in [5, 5.41) is 0. The number of hydrogen-bond donors (Lipinski definition) is 0. The molecule has 1 aliphatic heterocycles. The van der Waals surface area contributed by atoms with Crippen molar-refractivity contribution in [3.63, 3.8) is 0 Å². The third-order valence-electron chi connectivity index (χ3n) is 2.66. The van der Waals surface area contributed by atoms with E-state index in [2.05, 4.69) is 37.8 Å². The van der Waals surface area contributed by atoms with Crippen LogP contribution in [0.3, 0.4) is 0 Å². The maximum absolute atomic E-state index is 6.15. The van der Waals surface area contributed by atoms with E-state index in [-0.39, 0.29) is 0 Å². The Balaban J connectivity index is 2.51. The Morgan fingerprint density at radius 2 is 2.07 bits per heavy atom. The zero-order chi connectivity index (χ0) is 10.3. The monoisotopic (exact) mass is 210 g/mol. The molecule has 1 aliphatic rings. The van der Waals surface area contributed by atoms with E-state index in [1.54, 1.807) is 4.42 Å². The molecule has 1 aromatic rings. The molecule has 0 unspecified atom stereocenters. The van der Waals surface area contributed by atoms with Crippen LogP contribution >= 0.6 is 11.8 Å². The van der Waals surface area contributed by atoms with Gasteiger partial charge in [-0.1, -0.05) is 12.1 Å². The number of benzene rings is 1. The maximum atomic E-state index is 6.15. The lowest BCUT2D eigenvalue weighted by Crippen LogP contribution is -2.32. The van der Waals surface area contributed by atoms with Crippen LogP contribution in [-0.2, 0) is 0 Å². The first-order valence-corrected chi connectivity index (χ1v) is 5.24. The Bertz CT molecular complexity index is 349. The van der Waals surface area contributed by atoms with Gasteiger partial charge in [-0.2, -0.15) is 0 Å². The number of para-hydroxylation sites is 1. The van der Waals surface area contributed by atoms with Crippen LogP contribution in [0.4, 0.5) is 11.4 Å². The number of nitrogens with zero attached hydrogens (tertiary/aromatic N) is 2. The molecule has 0 saturated heterocycles. The number of halogens is 1. The summed E-state index contributed by atoms with van der Waals surface area (Å²) in [6, 6.07) is 6.73. The molecule has 1 heterocycles. The molecule has 14 heavy (non-hydrogen) atoms. The van der Waals surface area contributed by atoms with Crippen LogP contribution in [0, 0.1) is 6.92 Å². The van der Waals surface area contributed by atoms with E-state index < -0.39 is 0 Å². The van der Waals surface area contributed by atoms with Gasteiger partial charge in [0, 0.05) is 17.8 Å². The molecule has 0 aliphatic carbocycles. The first kappa shape index (κ1) is 9.66. The lowest BCUT2D eigenvalue weighted by Gasteiger charge is -2.24. The molecule has 0 fully saturated rings. The molecule has 2 nitrogen and oxygen atoms in total. The van der Waals surface area contributed by atoms with Gasteiger partial charge in [-0.05, 0) is 32.4 Å². The fourth-order valence-electron chi connectivity index (χ4n) is 1.92. The molecule has 1 aromatic carbocycles. The third-order valence-corrected chi connectivity index (χ3v) is 2.95. The predicted octanol–water partition coefficient (Wildman–Crippen LogP) is 3.14. The first-order chi connectivity index (χ1) is 6.61. The number of hydrogen-bond acceptors (Lipinski definition) is 2. The second-order valence-electron chi connectivity index (χ2n) is 4.01. The van der Waals surface area contributed by atoms with Crippen molar-refractivity contribution in [1.82, 2.24) is 0 Å². The smallest absolute Gasteiger partial charge is 0.106 e. The summed E-state index contributed by atoms with van der Waals surface area (Å²) in [4.78, 5) is 2.32. The third kappa shape index (κ3) is 1.34. The molecule has 0 amide bonds. The van der Waals surface area contributed by atoms with Gasteiger partial charge in [0.1, 0.15) is 6.67 Å². The van der Waals surface area contributed by atoms with E-state index in [4.69, 9.17) is 11.8 Å². The van der Waals surface area contributed by atoms with Crippen molar-refractivity contribution < 1.29 is 0 Å². The van der Waals surface area contributed by atoms with Gasteiger partial charge in [-0.25, -0.2) is 0 Å². The molecule has 2 rings (SSSR count). The van der Waals surface area contributed by atoms with Crippen molar-refractivity contribution in [2.45, 2.75) is 26.8 Å². The SMILES string of the molecule is Cc1cccc2c1N(C(C)C)CN2Cl. The molecule has 76 valence electrons. The Morgan fingerprint density at radius 1 is 1.36 bits per heavy atom. The summed E-state index contributed by atoms with van der Waals surface area (Å²) in [7, 11) is 0. The molecular formula is C11H15ClN2. The fourth-order valence-corrected chi connectivity index (χ4v) is 2.17. The minimum Gasteiger partial charge on any atom is -0.348 e. The van der Waals surface area contributed by atoms with Gasteiger partial charge in [-0.3, -0.25) is 4.42 Å². The normalized spacial score (nSPS) is 15.2. The minimum atomic E-state index is 0.485. The number of anilines is 2. The van der Waals surface area contributed by atoms with Crippen molar-refractivity contribution >= 4 is 23.2 Å². The average molecular weight is 211 g/mol. The van der Waals surface area contributed by atoms with E-state index in [1.807, 2.05) is 6.07 Å². The van der Waals surface area contributed by atoms with Crippen molar-refractivity contribution in [2.75, 3.05) is 16.0 Å². The van der Waals surface area contributed by atoms with Gasteiger partial charge >= 0.3 is 0 Å². The molecule has 0 N–H and O–H groups in total. The van der Waals surface area contributed by atoms with Crippen LogP contribution in [0.1, 0.15) is 19.4 Å². The van der Waals surface area contributed by atoms with Crippen molar-refractivity contribution in [2.24, 2.45) is 0 Å². The highest BCUT2D eigenvalue weighted by molar-refractivity contribution is 6.27. The summed E-state index contributed by atoms with van der Waals surface area (Å²) in [6.07, 6.45) is 0. The second kappa shape index (κ2) is 3.35. The topological polar surface area (TPSA) is 6.48 Å². The highest BCUT2D eigenvalue weighted by Gasteiger charge is 2.27. The van der Waals surface area contributed by atoms with Crippen molar-refractivity contribution in [3.8, 4) is 0 Å². The predicted molar refractivity (Wildman–Crippen MR) is 62.0 cm³/mol. The zero-order valence-electron chi connectivity index (χ0n) is 8.79. The quantitative estimate of drug-likeness (QED) is 0.658. The van der Waals surface area contributed by atoms with Gasteiger partial charge in [0.05, 0.1) is 11.4 Å². The number of fused-ring (bicyclic) bond motifs is 1. The summed E-state index contributed by atoms with van der Waals surface area (Å²) in [5.41, 5.74) is 3.69. The van der Waals surface area contributed by atoms with Crippen molar-refractivity contribution in [3.05, 3.63) is 23.8 Å². The Kier molecular flexibility index (Phi) is 2.31. The van der Waals surface area contributed by atoms with Crippen LogP contribution in [0.15, 0.2) is 18.2 Å². The standard InChI is InChI=1S/C11H15ClN2/c1-8(2)13-7-14(12)10-6-4-5-9(3)11(10)13/h4-6,8H,7H2,1-3H3.